The largest absolute Gasteiger partial charge is 0.287 e. The molecule has 3 aromatic rings. The van der Waals surface area contributed by atoms with E-state index in [1.807, 2.05) is 30.3 Å². The number of rotatable bonds is 2. The summed E-state index contributed by atoms with van der Waals surface area (Å²) in [6, 6.07) is 13.0. The van der Waals surface area contributed by atoms with Crippen LogP contribution in [-0.2, 0) is 6.42 Å². The van der Waals surface area contributed by atoms with Gasteiger partial charge in [0.2, 0.25) is 10.9 Å². The fraction of sp³-hybridized carbons (Fsp3) is 0.0588. The van der Waals surface area contributed by atoms with Gasteiger partial charge in [0.25, 0.3) is 0 Å². The predicted octanol–water partition coefficient (Wildman–Crippen LogP) is 4.05. The molecule has 5 nitrogen and oxygen atoms in total. The highest BCUT2D eigenvalue weighted by Crippen LogP contribution is 2.27. The number of fused-ring (bicyclic) bond motifs is 2. The summed E-state index contributed by atoms with van der Waals surface area (Å²) in [4.78, 5) is 20.2. The Bertz CT molecular complexity index is 980. The van der Waals surface area contributed by atoms with E-state index >= 15 is 0 Å². The topological polar surface area (TPSA) is 58.7 Å². The Balaban J connectivity index is 1.60. The number of hydrogen-bond acceptors (Lipinski definition) is 5. The minimum atomic E-state index is -0.126. The van der Waals surface area contributed by atoms with Gasteiger partial charge in [0.1, 0.15) is 5.71 Å². The minimum Gasteiger partial charge on any atom is -0.287 e. The Hall–Kier alpha value is -3.04. The number of benzene rings is 2. The van der Waals surface area contributed by atoms with E-state index in [9.17, 15) is 4.79 Å². The van der Waals surface area contributed by atoms with E-state index in [2.05, 4.69) is 20.4 Å². The van der Waals surface area contributed by atoms with Crippen molar-refractivity contribution in [3.8, 4) is 0 Å². The van der Waals surface area contributed by atoms with Crippen LogP contribution in [-0.4, -0.2) is 16.5 Å². The molecule has 0 saturated heterocycles. The first-order chi connectivity index (χ1) is 11.2. The molecule has 0 spiro atoms. The summed E-state index contributed by atoms with van der Waals surface area (Å²) in [6.45, 7) is 7.03. The Kier molecular flexibility index (Phi) is 3.14. The highest BCUT2D eigenvalue weighted by molar-refractivity contribution is 7.22. The third-order valence-corrected chi connectivity index (χ3v) is 4.61. The molecule has 1 heterocycles. The van der Waals surface area contributed by atoms with E-state index < -0.39 is 0 Å². The van der Waals surface area contributed by atoms with Crippen molar-refractivity contribution < 1.29 is 4.79 Å². The van der Waals surface area contributed by atoms with Crippen LogP contribution in [0.15, 0.2) is 47.6 Å². The maximum absolute atomic E-state index is 12.4. The average molecular weight is 318 g/mol. The molecule has 2 aromatic carbocycles. The Morgan fingerprint density at radius 3 is 2.96 bits per heavy atom. The molecule has 0 bridgehead atoms. The fourth-order valence-electron chi connectivity index (χ4n) is 2.54. The van der Waals surface area contributed by atoms with Gasteiger partial charge in [-0.1, -0.05) is 35.6 Å². The number of hydrazone groups is 1. The Morgan fingerprint density at radius 2 is 2.13 bits per heavy atom. The number of thiazole rings is 1. The average Bonchev–Trinajstić information content (AvgIpc) is 3.13. The summed E-state index contributed by atoms with van der Waals surface area (Å²) in [5, 5.41) is 4.88. The van der Waals surface area contributed by atoms with E-state index in [0.29, 0.717) is 28.5 Å². The van der Waals surface area contributed by atoms with Gasteiger partial charge < -0.3 is 0 Å². The molecule has 0 atom stereocenters. The van der Waals surface area contributed by atoms with Crippen molar-refractivity contribution in [2.24, 2.45) is 5.10 Å². The van der Waals surface area contributed by atoms with E-state index in [1.165, 1.54) is 11.3 Å². The van der Waals surface area contributed by atoms with Gasteiger partial charge in [-0.3, -0.25) is 10.2 Å². The van der Waals surface area contributed by atoms with Crippen LogP contribution in [0.2, 0.25) is 0 Å². The smallest absolute Gasteiger partial charge is 0.208 e. The van der Waals surface area contributed by atoms with Crippen LogP contribution in [0, 0.1) is 6.57 Å². The van der Waals surface area contributed by atoms with Crippen LogP contribution in [0.3, 0.4) is 0 Å². The summed E-state index contributed by atoms with van der Waals surface area (Å²) in [5.74, 6) is -0.126. The molecule has 0 unspecified atom stereocenters. The van der Waals surface area contributed by atoms with Crippen molar-refractivity contribution in [3.63, 3.8) is 0 Å². The highest BCUT2D eigenvalue weighted by atomic mass is 32.1. The molecular formula is C17H10N4OS. The lowest BCUT2D eigenvalue weighted by Crippen LogP contribution is -2.10. The Morgan fingerprint density at radius 1 is 1.26 bits per heavy atom. The summed E-state index contributed by atoms with van der Waals surface area (Å²) < 4.78 is 1.07. The standard InChI is InChI=1S/C17H10N4OS/c1-18-11-7-6-10-8-14(16(22)12(10)9-11)20-21-17-19-13-4-2-3-5-15(13)23-17/h2-7,9H,8H2,(H,19,21)/b20-14-. The molecule has 0 aliphatic heterocycles. The van der Waals surface area contributed by atoms with Crippen LogP contribution in [0.5, 0.6) is 0 Å². The zero-order valence-electron chi connectivity index (χ0n) is 11.9. The number of ketones is 1. The zero-order chi connectivity index (χ0) is 15.8. The molecule has 1 aliphatic carbocycles. The fourth-order valence-corrected chi connectivity index (χ4v) is 3.35. The second-order valence-electron chi connectivity index (χ2n) is 5.12. The van der Waals surface area contributed by atoms with E-state index in [-0.39, 0.29) is 5.78 Å². The number of nitrogens with one attached hydrogen (secondary N) is 1. The third kappa shape index (κ3) is 2.37. The van der Waals surface area contributed by atoms with Crippen LogP contribution < -0.4 is 5.43 Å². The molecule has 6 heteroatoms. The maximum Gasteiger partial charge on any atom is 0.208 e. The van der Waals surface area contributed by atoms with E-state index in [0.717, 1.165) is 15.8 Å². The minimum absolute atomic E-state index is 0.126. The number of aromatic nitrogens is 1. The molecule has 1 aliphatic rings. The summed E-state index contributed by atoms with van der Waals surface area (Å²) in [7, 11) is 0. The van der Waals surface area contributed by atoms with Crippen molar-refractivity contribution in [2.45, 2.75) is 6.42 Å². The lowest BCUT2D eigenvalue weighted by Gasteiger charge is -1.96. The van der Waals surface area contributed by atoms with Crippen molar-refractivity contribution in [3.05, 3.63) is 65.0 Å². The molecule has 0 radical (unpaired) electrons. The van der Waals surface area contributed by atoms with Gasteiger partial charge >= 0.3 is 0 Å². The number of Topliss-reactive ketones (excluding diaryl/α,β-unsaturated/α-hetero) is 1. The van der Waals surface area contributed by atoms with Crippen LogP contribution >= 0.6 is 11.3 Å². The van der Waals surface area contributed by atoms with Gasteiger partial charge in [-0.15, -0.1) is 0 Å². The van der Waals surface area contributed by atoms with Crippen molar-refractivity contribution >= 4 is 43.9 Å². The van der Waals surface area contributed by atoms with Crippen molar-refractivity contribution in [1.82, 2.24) is 4.98 Å². The second kappa shape index (κ2) is 5.30. The number of carbonyl (C=O) groups excluding carboxylic acids is 1. The van der Waals surface area contributed by atoms with Gasteiger partial charge in [-0.25, -0.2) is 9.83 Å². The van der Waals surface area contributed by atoms with Gasteiger partial charge in [0.15, 0.2) is 5.69 Å². The SMILES string of the molecule is [C-]#[N+]c1ccc2c(c1)C(=O)/C(=N\Nc1nc3ccccc3s1)C2. The zero-order valence-corrected chi connectivity index (χ0v) is 12.7. The molecule has 4 rings (SSSR count). The lowest BCUT2D eigenvalue weighted by atomic mass is 10.1. The molecule has 110 valence electrons. The van der Waals surface area contributed by atoms with Gasteiger partial charge in [0.05, 0.1) is 16.8 Å². The highest BCUT2D eigenvalue weighted by Gasteiger charge is 2.26. The van der Waals surface area contributed by atoms with E-state index in [1.54, 1.807) is 12.1 Å². The quantitative estimate of drug-likeness (QED) is 0.573. The molecule has 1 aromatic heterocycles. The number of carbonyl (C=O) groups is 1. The first-order valence-electron chi connectivity index (χ1n) is 6.98. The first kappa shape index (κ1) is 13.6. The van der Waals surface area contributed by atoms with E-state index in [4.69, 9.17) is 6.57 Å². The number of anilines is 1. The van der Waals surface area contributed by atoms with Gasteiger partial charge in [-0.2, -0.15) is 5.10 Å². The lowest BCUT2D eigenvalue weighted by molar-refractivity contribution is 0.106. The second-order valence-corrected chi connectivity index (χ2v) is 6.15. The number of hydrogen-bond donors (Lipinski definition) is 1. The molecular weight excluding hydrogens is 308 g/mol. The first-order valence-corrected chi connectivity index (χ1v) is 7.79. The molecule has 0 amide bonds. The summed E-state index contributed by atoms with van der Waals surface area (Å²) in [6.07, 6.45) is 0.477. The van der Waals surface area contributed by atoms with Crippen molar-refractivity contribution in [1.29, 1.82) is 0 Å². The van der Waals surface area contributed by atoms with Crippen LogP contribution in [0.4, 0.5) is 10.8 Å². The molecule has 0 fully saturated rings. The predicted molar refractivity (Wildman–Crippen MR) is 91.4 cm³/mol. The summed E-state index contributed by atoms with van der Waals surface area (Å²) in [5.41, 5.74) is 6.19. The molecule has 23 heavy (non-hydrogen) atoms. The summed E-state index contributed by atoms with van der Waals surface area (Å²) >= 11 is 1.49. The van der Waals surface area contributed by atoms with Crippen LogP contribution in [0.25, 0.3) is 15.1 Å². The number of nitrogens with zero attached hydrogens (tertiary/aromatic N) is 3. The maximum atomic E-state index is 12.4. The monoisotopic (exact) mass is 318 g/mol. The molecule has 0 saturated carbocycles. The third-order valence-electron chi connectivity index (χ3n) is 3.67. The Labute approximate surface area is 136 Å². The van der Waals surface area contributed by atoms with Gasteiger partial charge in [-0.05, 0) is 23.8 Å². The number of para-hydroxylation sites is 1. The van der Waals surface area contributed by atoms with Gasteiger partial charge in [0, 0.05) is 12.0 Å². The van der Waals surface area contributed by atoms with Crippen LogP contribution in [0.1, 0.15) is 15.9 Å². The van der Waals surface area contributed by atoms with Crippen molar-refractivity contribution in [2.75, 3.05) is 5.43 Å². The normalized spacial score (nSPS) is 14.9. The molecule has 1 N–H and O–H groups in total.